The summed E-state index contributed by atoms with van der Waals surface area (Å²) in [6, 6.07) is 0.514. The van der Waals surface area contributed by atoms with Crippen LogP contribution in [0.25, 0.3) is 0 Å². The van der Waals surface area contributed by atoms with Crippen LogP contribution in [0, 0.1) is 6.92 Å². The number of amides is 1. The van der Waals surface area contributed by atoms with Crippen LogP contribution in [0.15, 0.2) is 4.60 Å². The number of halogens is 1. The molecule has 0 spiro atoms. The number of carbonyl (C=O) groups excluding carboxylic acids is 1. The Balaban J connectivity index is 2.37. The third-order valence-electron chi connectivity index (χ3n) is 2.33. The van der Waals surface area contributed by atoms with Gasteiger partial charge in [0, 0.05) is 6.04 Å². The normalized spacial score (nSPS) is 15.9. The predicted molar refractivity (Wildman–Crippen MR) is 55.8 cm³/mol. The lowest BCUT2D eigenvalue weighted by atomic mass is 10.4. The third kappa shape index (κ3) is 1.68. The van der Waals surface area contributed by atoms with Crippen LogP contribution in [0.3, 0.4) is 0 Å². The van der Waals surface area contributed by atoms with Crippen molar-refractivity contribution in [1.82, 2.24) is 9.55 Å². The number of imidazole rings is 1. The molecule has 1 aromatic rings. The predicted octanol–water partition coefficient (Wildman–Crippen LogP) is 1.32. The summed E-state index contributed by atoms with van der Waals surface area (Å²) in [6.45, 7) is 1.92. The van der Waals surface area contributed by atoms with Crippen LogP contribution in [0.4, 0.5) is 0 Å². The van der Waals surface area contributed by atoms with Gasteiger partial charge in [-0.05, 0) is 35.7 Å². The number of rotatable bonds is 3. The molecule has 0 aliphatic heterocycles. The molecule has 5 heteroatoms. The molecule has 1 saturated carbocycles. The lowest BCUT2D eigenvalue weighted by Gasteiger charge is -2.05. The number of aromatic nitrogens is 2. The molecule has 1 fully saturated rings. The van der Waals surface area contributed by atoms with E-state index in [4.69, 9.17) is 5.73 Å². The molecule has 1 aromatic heterocycles. The van der Waals surface area contributed by atoms with Gasteiger partial charge in [0.2, 0.25) is 5.91 Å². The summed E-state index contributed by atoms with van der Waals surface area (Å²) in [6.07, 6.45) is 2.56. The highest BCUT2D eigenvalue weighted by atomic mass is 79.9. The second kappa shape index (κ2) is 3.38. The van der Waals surface area contributed by atoms with Crippen molar-refractivity contribution in [1.29, 1.82) is 0 Å². The summed E-state index contributed by atoms with van der Waals surface area (Å²) in [7, 11) is 0. The molecule has 1 aliphatic carbocycles. The lowest BCUT2D eigenvalue weighted by molar-refractivity contribution is -0.117. The molecule has 14 heavy (non-hydrogen) atoms. The molecule has 2 rings (SSSR count). The first-order valence-electron chi connectivity index (χ1n) is 4.61. The fourth-order valence-electron chi connectivity index (χ4n) is 1.57. The average molecular weight is 258 g/mol. The number of hydrogen-bond donors (Lipinski definition) is 1. The number of primary amides is 1. The van der Waals surface area contributed by atoms with Crippen molar-refractivity contribution < 1.29 is 4.79 Å². The monoisotopic (exact) mass is 257 g/mol. The van der Waals surface area contributed by atoms with Gasteiger partial charge in [0.25, 0.3) is 0 Å². The minimum Gasteiger partial charge on any atom is -0.369 e. The summed E-state index contributed by atoms with van der Waals surface area (Å²) in [5.41, 5.74) is 6.09. The topological polar surface area (TPSA) is 60.9 Å². The van der Waals surface area contributed by atoms with Gasteiger partial charge in [-0.3, -0.25) is 4.79 Å². The SMILES string of the molecule is Cc1nc(CC(N)=O)n(C2CC2)c1Br. The van der Waals surface area contributed by atoms with Crippen molar-refractivity contribution in [2.75, 3.05) is 0 Å². The van der Waals surface area contributed by atoms with Crippen LogP contribution in [-0.2, 0) is 11.2 Å². The number of hydrogen-bond acceptors (Lipinski definition) is 2. The maximum Gasteiger partial charge on any atom is 0.225 e. The van der Waals surface area contributed by atoms with E-state index < -0.39 is 0 Å². The van der Waals surface area contributed by atoms with Gasteiger partial charge in [0.05, 0.1) is 12.1 Å². The molecule has 0 saturated heterocycles. The average Bonchev–Trinajstić information content (AvgIpc) is 2.83. The van der Waals surface area contributed by atoms with E-state index in [2.05, 4.69) is 25.5 Å². The summed E-state index contributed by atoms with van der Waals surface area (Å²) >= 11 is 3.48. The molecule has 1 amide bonds. The smallest absolute Gasteiger partial charge is 0.225 e. The second-order valence-corrected chi connectivity index (χ2v) is 4.40. The zero-order valence-corrected chi connectivity index (χ0v) is 9.54. The van der Waals surface area contributed by atoms with E-state index in [-0.39, 0.29) is 12.3 Å². The Bertz CT molecular complexity index is 382. The fraction of sp³-hybridized carbons (Fsp3) is 0.556. The Kier molecular flexibility index (Phi) is 2.34. The quantitative estimate of drug-likeness (QED) is 0.888. The van der Waals surface area contributed by atoms with Crippen LogP contribution in [-0.4, -0.2) is 15.5 Å². The molecule has 2 N–H and O–H groups in total. The van der Waals surface area contributed by atoms with Crippen molar-refractivity contribution in [2.24, 2.45) is 5.73 Å². The molecule has 76 valence electrons. The Morgan fingerprint density at radius 1 is 1.71 bits per heavy atom. The van der Waals surface area contributed by atoms with Gasteiger partial charge < -0.3 is 10.3 Å². The van der Waals surface area contributed by atoms with E-state index >= 15 is 0 Å². The van der Waals surface area contributed by atoms with Crippen LogP contribution < -0.4 is 5.73 Å². The summed E-state index contributed by atoms with van der Waals surface area (Å²) < 4.78 is 3.07. The molecular weight excluding hydrogens is 246 g/mol. The molecule has 0 aromatic carbocycles. The molecular formula is C9H12BrN3O. The van der Waals surface area contributed by atoms with E-state index in [1.807, 2.05) is 6.92 Å². The van der Waals surface area contributed by atoms with E-state index in [0.717, 1.165) is 16.1 Å². The minimum atomic E-state index is -0.329. The van der Waals surface area contributed by atoms with Crippen LogP contribution >= 0.6 is 15.9 Å². The molecule has 0 radical (unpaired) electrons. The molecule has 0 unspecified atom stereocenters. The Morgan fingerprint density at radius 3 is 2.86 bits per heavy atom. The minimum absolute atomic E-state index is 0.225. The Hall–Kier alpha value is -0.840. The number of aryl methyl sites for hydroxylation is 1. The Labute approximate surface area is 90.6 Å². The van der Waals surface area contributed by atoms with Crippen molar-refractivity contribution in [3.05, 3.63) is 16.1 Å². The van der Waals surface area contributed by atoms with Crippen LogP contribution in [0.5, 0.6) is 0 Å². The van der Waals surface area contributed by atoms with Crippen molar-refractivity contribution >= 4 is 21.8 Å². The summed E-state index contributed by atoms with van der Waals surface area (Å²) in [4.78, 5) is 15.2. The maximum atomic E-state index is 10.8. The number of carbonyl (C=O) groups is 1. The van der Waals surface area contributed by atoms with E-state index in [1.54, 1.807) is 0 Å². The molecule has 0 bridgehead atoms. The van der Waals surface area contributed by atoms with Crippen molar-refractivity contribution in [3.63, 3.8) is 0 Å². The van der Waals surface area contributed by atoms with Gasteiger partial charge in [-0.1, -0.05) is 0 Å². The number of nitrogens with two attached hydrogens (primary N) is 1. The third-order valence-corrected chi connectivity index (χ3v) is 3.29. The van der Waals surface area contributed by atoms with Crippen LogP contribution in [0.1, 0.15) is 30.4 Å². The molecule has 0 atom stereocenters. The standard InChI is InChI=1S/C9H12BrN3O/c1-5-9(10)13(6-2-3-6)8(12-5)4-7(11)14/h6H,2-4H2,1H3,(H2,11,14). The van der Waals surface area contributed by atoms with Gasteiger partial charge in [0.1, 0.15) is 10.4 Å². The molecule has 1 heterocycles. The fourth-order valence-corrected chi connectivity index (χ4v) is 2.15. The van der Waals surface area contributed by atoms with Gasteiger partial charge in [-0.25, -0.2) is 4.98 Å². The summed E-state index contributed by atoms with van der Waals surface area (Å²) in [5, 5.41) is 0. The van der Waals surface area contributed by atoms with Crippen molar-refractivity contribution in [2.45, 2.75) is 32.2 Å². The lowest BCUT2D eigenvalue weighted by Crippen LogP contribution is -2.17. The first kappa shape index (κ1) is 9.71. The van der Waals surface area contributed by atoms with Gasteiger partial charge in [0.15, 0.2) is 0 Å². The second-order valence-electron chi connectivity index (χ2n) is 3.65. The van der Waals surface area contributed by atoms with E-state index in [0.29, 0.717) is 6.04 Å². The molecule has 1 aliphatic rings. The number of nitrogens with zero attached hydrogens (tertiary/aromatic N) is 2. The summed E-state index contributed by atoms with van der Waals surface area (Å²) in [5.74, 6) is 0.453. The largest absolute Gasteiger partial charge is 0.369 e. The van der Waals surface area contributed by atoms with Gasteiger partial charge >= 0.3 is 0 Å². The van der Waals surface area contributed by atoms with E-state index in [1.165, 1.54) is 12.8 Å². The first-order valence-corrected chi connectivity index (χ1v) is 5.40. The van der Waals surface area contributed by atoms with Crippen LogP contribution in [0.2, 0.25) is 0 Å². The van der Waals surface area contributed by atoms with Gasteiger partial charge in [-0.15, -0.1) is 0 Å². The highest BCUT2D eigenvalue weighted by Gasteiger charge is 2.29. The zero-order chi connectivity index (χ0) is 10.3. The Morgan fingerprint density at radius 2 is 2.36 bits per heavy atom. The highest BCUT2D eigenvalue weighted by Crippen LogP contribution is 2.39. The molecule has 4 nitrogen and oxygen atoms in total. The first-order chi connectivity index (χ1) is 6.59. The van der Waals surface area contributed by atoms with Crippen molar-refractivity contribution in [3.8, 4) is 0 Å². The van der Waals surface area contributed by atoms with Gasteiger partial charge in [-0.2, -0.15) is 0 Å². The highest BCUT2D eigenvalue weighted by molar-refractivity contribution is 9.10. The maximum absolute atomic E-state index is 10.8. The van der Waals surface area contributed by atoms with E-state index in [9.17, 15) is 4.79 Å². The zero-order valence-electron chi connectivity index (χ0n) is 7.96.